The molecule has 1 saturated heterocycles. The molecule has 1 aliphatic heterocycles. The number of carbonyl (C=O) groups excluding carboxylic acids is 1. The number of carbonyl (C=O) groups is 1. The maximum atomic E-state index is 12.2. The molecule has 3 unspecified atom stereocenters. The maximum Gasteiger partial charge on any atom is 0.140 e. The first-order valence-electron chi connectivity index (χ1n) is 7.03. The molecule has 1 saturated carbocycles. The lowest BCUT2D eigenvalue weighted by Gasteiger charge is -2.27. The third-order valence-electron chi connectivity index (χ3n) is 4.62. The molecule has 2 aliphatic rings. The van der Waals surface area contributed by atoms with Crippen LogP contribution in [0.2, 0.25) is 0 Å². The molecule has 0 aromatic heterocycles. The first kappa shape index (κ1) is 13.0. The summed E-state index contributed by atoms with van der Waals surface area (Å²) in [6, 6.07) is 0.0812. The van der Waals surface area contributed by atoms with Crippen molar-refractivity contribution in [3.63, 3.8) is 0 Å². The first-order chi connectivity index (χ1) is 8.13. The Kier molecular flexibility index (Phi) is 4.21. The highest BCUT2D eigenvalue weighted by Crippen LogP contribution is 2.38. The fraction of sp³-hybridized carbons (Fsp3) is 0.929. The largest absolute Gasteiger partial charge is 0.378 e. The SMILES string of the molecule is CC1(C(=O)CCCC2CCCO2)CCCC1N. The van der Waals surface area contributed by atoms with Gasteiger partial charge in [0, 0.05) is 24.5 Å². The van der Waals surface area contributed by atoms with Gasteiger partial charge in [0.1, 0.15) is 5.78 Å². The van der Waals surface area contributed by atoms with Crippen molar-refractivity contribution in [1.82, 2.24) is 0 Å². The van der Waals surface area contributed by atoms with Crippen LogP contribution in [0.15, 0.2) is 0 Å². The Labute approximate surface area is 104 Å². The molecule has 1 aliphatic carbocycles. The van der Waals surface area contributed by atoms with E-state index in [-0.39, 0.29) is 11.5 Å². The summed E-state index contributed by atoms with van der Waals surface area (Å²) < 4.78 is 5.57. The van der Waals surface area contributed by atoms with Crippen LogP contribution in [-0.2, 0) is 9.53 Å². The van der Waals surface area contributed by atoms with Gasteiger partial charge in [0.2, 0.25) is 0 Å². The normalized spacial score (nSPS) is 37.5. The molecule has 2 fully saturated rings. The topological polar surface area (TPSA) is 52.3 Å². The fourth-order valence-corrected chi connectivity index (χ4v) is 3.19. The van der Waals surface area contributed by atoms with Crippen molar-refractivity contribution in [2.45, 2.75) is 70.4 Å². The number of ketones is 1. The van der Waals surface area contributed by atoms with Crippen LogP contribution in [0.5, 0.6) is 0 Å². The number of rotatable bonds is 5. The van der Waals surface area contributed by atoms with Gasteiger partial charge in [-0.05, 0) is 38.5 Å². The fourth-order valence-electron chi connectivity index (χ4n) is 3.19. The lowest BCUT2D eigenvalue weighted by Crippen LogP contribution is -2.41. The van der Waals surface area contributed by atoms with Crippen LogP contribution < -0.4 is 5.73 Å². The summed E-state index contributed by atoms with van der Waals surface area (Å²) in [6.45, 7) is 2.96. The Morgan fingerprint density at radius 2 is 2.24 bits per heavy atom. The summed E-state index contributed by atoms with van der Waals surface area (Å²) in [5, 5.41) is 0. The Bertz CT molecular complexity index is 273. The molecule has 0 bridgehead atoms. The van der Waals surface area contributed by atoms with Crippen molar-refractivity contribution in [3.05, 3.63) is 0 Å². The molecule has 0 aromatic carbocycles. The van der Waals surface area contributed by atoms with Gasteiger partial charge < -0.3 is 10.5 Å². The van der Waals surface area contributed by atoms with Gasteiger partial charge in [0.25, 0.3) is 0 Å². The smallest absolute Gasteiger partial charge is 0.140 e. The quantitative estimate of drug-likeness (QED) is 0.801. The summed E-state index contributed by atoms with van der Waals surface area (Å²) >= 11 is 0. The molecule has 17 heavy (non-hydrogen) atoms. The summed E-state index contributed by atoms with van der Waals surface area (Å²) in [7, 11) is 0. The van der Waals surface area contributed by atoms with Crippen LogP contribution in [0, 0.1) is 5.41 Å². The average molecular weight is 239 g/mol. The van der Waals surface area contributed by atoms with Crippen molar-refractivity contribution in [2.24, 2.45) is 11.1 Å². The number of ether oxygens (including phenoxy) is 1. The van der Waals surface area contributed by atoms with Crippen molar-refractivity contribution in [2.75, 3.05) is 6.61 Å². The van der Waals surface area contributed by atoms with E-state index in [0.29, 0.717) is 18.3 Å². The number of hydrogen-bond acceptors (Lipinski definition) is 3. The van der Waals surface area contributed by atoms with Gasteiger partial charge in [-0.25, -0.2) is 0 Å². The molecule has 3 heteroatoms. The van der Waals surface area contributed by atoms with E-state index in [4.69, 9.17) is 10.5 Å². The second kappa shape index (κ2) is 5.49. The molecule has 0 aromatic rings. The van der Waals surface area contributed by atoms with Gasteiger partial charge >= 0.3 is 0 Å². The monoisotopic (exact) mass is 239 g/mol. The Hall–Kier alpha value is -0.410. The Balaban J connectivity index is 1.73. The van der Waals surface area contributed by atoms with Crippen molar-refractivity contribution in [3.8, 4) is 0 Å². The maximum absolute atomic E-state index is 12.2. The van der Waals surface area contributed by atoms with E-state index in [0.717, 1.165) is 38.7 Å². The van der Waals surface area contributed by atoms with Crippen LogP contribution in [0.25, 0.3) is 0 Å². The van der Waals surface area contributed by atoms with E-state index in [2.05, 4.69) is 6.92 Å². The van der Waals surface area contributed by atoms with Crippen LogP contribution in [0.1, 0.15) is 58.3 Å². The Morgan fingerprint density at radius 3 is 2.82 bits per heavy atom. The zero-order valence-corrected chi connectivity index (χ0v) is 10.9. The van der Waals surface area contributed by atoms with Crippen molar-refractivity contribution >= 4 is 5.78 Å². The predicted molar refractivity (Wildman–Crippen MR) is 67.8 cm³/mol. The molecule has 2 N–H and O–H groups in total. The average Bonchev–Trinajstić information content (AvgIpc) is 2.91. The number of Topliss-reactive ketones (excluding diaryl/α,β-unsaturated/α-hetero) is 1. The Morgan fingerprint density at radius 1 is 1.41 bits per heavy atom. The van der Waals surface area contributed by atoms with Crippen LogP contribution >= 0.6 is 0 Å². The highest BCUT2D eigenvalue weighted by atomic mass is 16.5. The lowest BCUT2D eigenvalue weighted by molar-refractivity contribution is -0.128. The van der Waals surface area contributed by atoms with Crippen LogP contribution in [-0.4, -0.2) is 24.5 Å². The van der Waals surface area contributed by atoms with Gasteiger partial charge in [-0.1, -0.05) is 13.3 Å². The molecule has 0 radical (unpaired) electrons. The molecule has 98 valence electrons. The van der Waals surface area contributed by atoms with Gasteiger partial charge in [0.15, 0.2) is 0 Å². The van der Waals surface area contributed by atoms with E-state index in [9.17, 15) is 4.79 Å². The zero-order chi connectivity index (χ0) is 12.3. The third-order valence-corrected chi connectivity index (χ3v) is 4.62. The van der Waals surface area contributed by atoms with E-state index >= 15 is 0 Å². The molecule has 2 rings (SSSR count). The molecule has 3 nitrogen and oxygen atoms in total. The van der Waals surface area contributed by atoms with Crippen LogP contribution in [0.3, 0.4) is 0 Å². The summed E-state index contributed by atoms with van der Waals surface area (Å²) in [5.74, 6) is 0.375. The van der Waals surface area contributed by atoms with E-state index < -0.39 is 0 Å². The summed E-state index contributed by atoms with van der Waals surface area (Å²) in [4.78, 5) is 12.2. The minimum Gasteiger partial charge on any atom is -0.378 e. The predicted octanol–water partition coefficient (Wildman–Crippen LogP) is 2.42. The minimum absolute atomic E-state index is 0.0812. The number of hydrogen-bond donors (Lipinski definition) is 1. The second-order valence-corrected chi connectivity index (χ2v) is 5.87. The van der Waals surface area contributed by atoms with Gasteiger partial charge in [-0.2, -0.15) is 0 Å². The van der Waals surface area contributed by atoms with Crippen LogP contribution in [0.4, 0.5) is 0 Å². The van der Waals surface area contributed by atoms with E-state index in [1.165, 1.54) is 12.8 Å². The molecule has 3 atom stereocenters. The van der Waals surface area contributed by atoms with Crippen molar-refractivity contribution in [1.29, 1.82) is 0 Å². The van der Waals surface area contributed by atoms with Gasteiger partial charge in [-0.3, -0.25) is 4.79 Å². The van der Waals surface area contributed by atoms with E-state index in [1.807, 2.05) is 0 Å². The summed E-state index contributed by atoms with van der Waals surface area (Å²) in [5.41, 5.74) is 5.82. The molecule has 1 heterocycles. The van der Waals surface area contributed by atoms with E-state index in [1.54, 1.807) is 0 Å². The highest BCUT2D eigenvalue weighted by molar-refractivity contribution is 5.85. The molecular formula is C14H25NO2. The van der Waals surface area contributed by atoms with Gasteiger partial charge in [0.05, 0.1) is 6.10 Å². The molecular weight excluding hydrogens is 214 g/mol. The second-order valence-electron chi connectivity index (χ2n) is 5.87. The van der Waals surface area contributed by atoms with Crippen molar-refractivity contribution < 1.29 is 9.53 Å². The first-order valence-corrected chi connectivity index (χ1v) is 7.03. The lowest BCUT2D eigenvalue weighted by atomic mass is 9.79. The number of nitrogens with two attached hydrogens (primary N) is 1. The summed E-state index contributed by atoms with van der Waals surface area (Å²) in [6.07, 6.45) is 8.54. The standard InChI is InChI=1S/C14H25NO2/c1-14(9-3-7-12(14)15)13(16)8-2-5-11-6-4-10-17-11/h11-12H,2-10,15H2,1H3. The molecule has 0 spiro atoms. The third kappa shape index (κ3) is 2.89. The van der Waals surface area contributed by atoms with Gasteiger partial charge in [-0.15, -0.1) is 0 Å². The highest BCUT2D eigenvalue weighted by Gasteiger charge is 2.41. The minimum atomic E-state index is -0.240. The molecule has 0 amide bonds. The zero-order valence-electron chi connectivity index (χ0n) is 10.9.